The van der Waals surface area contributed by atoms with E-state index in [-0.39, 0.29) is 5.91 Å². The van der Waals surface area contributed by atoms with Gasteiger partial charge >= 0.3 is 0 Å². The van der Waals surface area contributed by atoms with Crippen LogP contribution in [0.25, 0.3) is 0 Å². The number of aryl methyl sites for hydroxylation is 2. The van der Waals surface area contributed by atoms with Gasteiger partial charge < -0.3 is 9.42 Å². The first-order valence-electron chi connectivity index (χ1n) is 7.52. The zero-order valence-corrected chi connectivity index (χ0v) is 13.5. The van der Waals surface area contributed by atoms with E-state index in [2.05, 4.69) is 32.6 Å². The third-order valence-corrected chi connectivity index (χ3v) is 4.67. The lowest BCUT2D eigenvalue weighted by Gasteiger charge is -2.34. The molecular weight excluding hydrogens is 300 g/mol. The lowest BCUT2D eigenvalue weighted by atomic mass is 10.2. The molecule has 0 aromatic carbocycles. The molecule has 1 aliphatic rings. The lowest BCUT2D eigenvalue weighted by molar-refractivity contribution is -0.133. The molecule has 2 aromatic rings. The number of hydrogen-bond acceptors (Lipinski definition) is 6. The summed E-state index contributed by atoms with van der Waals surface area (Å²) in [5, 5.41) is 5.84. The van der Waals surface area contributed by atoms with E-state index in [1.165, 1.54) is 4.88 Å². The van der Waals surface area contributed by atoms with Crippen molar-refractivity contribution < 1.29 is 9.32 Å². The van der Waals surface area contributed by atoms with Crippen LogP contribution in [0.1, 0.15) is 23.0 Å². The monoisotopic (exact) mass is 320 g/mol. The fourth-order valence-corrected chi connectivity index (χ4v) is 3.34. The van der Waals surface area contributed by atoms with Gasteiger partial charge in [0.15, 0.2) is 5.82 Å². The molecule has 0 atom stereocenters. The Bertz CT molecular complexity index is 603. The Morgan fingerprint density at radius 1 is 1.36 bits per heavy atom. The van der Waals surface area contributed by atoms with Gasteiger partial charge in [-0.3, -0.25) is 9.69 Å². The van der Waals surface area contributed by atoms with E-state index in [1.807, 2.05) is 4.90 Å². The van der Waals surface area contributed by atoms with Gasteiger partial charge in [-0.1, -0.05) is 11.2 Å². The summed E-state index contributed by atoms with van der Waals surface area (Å²) in [4.78, 5) is 22.1. The Kier molecular flexibility index (Phi) is 4.84. The second-order valence-electron chi connectivity index (χ2n) is 5.47. The molecule has 0 radical (unpaired) electrons. The maximum absolute atomic E-state index is 12.2. The van der Waals surface area contributed by atoms with E-state index in [1.54, 1.807) is 18.3 Å². The van der Waals surface area contributed by atoms with Crippen LogP contribution >= 0.6 is 11.3 Å². The number of carbonyl (C=O) groups excluding carboxylic acids is 1. The summed E-state index contributed by atoms with van der Waals surface area (Å²) >= 11 is 1.79. The van der Waals surface area contributed by atoms with Crippen molar-refractivity contribution in [2.75, 3.05) is 26.2 Å². The summed E-state index contributed by atoms with van der Waals surface area (Å²) in [6.07, 6.45) is 0.960. The predicted octanol–water partition coefficient (Wildman–Crippen LogP) is 1.72. The highest BCUT2D eigenvalue weighted by Gasteiger charge is 2.21. The van der Waals surface area contributed by atoms with Crippen LogP contribution in [0.3, 0.4) is 0 Å². The van der Waals surface area contributed by atoms with E-state index >= 15 is 0 Å². The predicted molar refractivity (Wildman–Crippen MR) is 83.5 cm³/mol. The molecule has 1 amide bonds. The van der Waals surface area contributed by atoms with Crippen molar-refractivity contribution in [1.82, 2.24) is 19.9 Å². The summed E-state index contributed by atoms with van der Waals surface area (Å²) in [7, 11) is 0. The molecule has 3 heterocycles. The average molecular weight is 320 g/mol. The summed E-state index contributed by atoms with van der Waals surface area (Å²) in [5.41, 5.74) is 0. The average Bonchev–Trinajstić information content (AvgIpc) is 3.17. The van der Waals surface area contributed by atoms with Crippen LogP contribution in [-0.4, -0.2) is 52.0 Å². The Morgan fingerprint density at radius 3 is 2.82 bits per heavy atom. The van der Waals surface area contributed by atoms with Gasteiger partial charge in [-0.2, -0.15) is 4.98 Å². The van der Waals surface area contributed by atoms with Gasteiger partial charge in [0.05, 0.1) is 0 Å². The number of rotatable bonds is 5. The van der Waals surface area contributed by atoms with Gasteiger partial charge in [0.2, 0.25) is 11.8 Å². The van der Waals surface area contributed by atoms with Crippen molar-refractivity contribution in [3.8, 4) is 0 Å². The maximum atomic E-state index is 12.2. The fourth-order valence-electron chi connectivity index (χ4n) is 2.59. The van der Waals surface area contributed by atoms with Crippen molar-refractivity contribution in [3.63, 3.8) is 0 Å². The lowest BCUT2D eigenvalue weighted by Crippen LogP contribution is -2.48. The number of piperazine rings is 1. The van der Waals surface area contributed by atoms with Gasteiger partial charge in [0.25, 0.3) is 0 Å². The second kappa shape index (κ2) is 7.02. The van der Waals surface area contributed by atoms with Crippen LogP contribution in [0.2, 0.25) is 0 Å². The number of aromatic nitrogens is 2. The van der Waals surface area contributed by atoms with Crippen LogP contribution < -0.4 is 0 Å². The van der Waals surface area contributed by atoms with E-state index in [0.29, 0.717) is 24.6 Å². The van der Waals surface area contributed by atoms with Crippen molar-refractivity contribution in [1.29, 1.82) is 0 Å². The molecule has 1 fully saturated rings. The first-order chi connectivity index (χ1) is 10.7. The number of hydrogen-bond donors (Lipinski definition) is 0. The maximum Gasteiger partial charge on any atom is 0.227 e. The summed E-state index contributed by atoms with van der Waals surface area (Å²) < 4.78 is 5.04. The molecule has 118 valence electrons. The Balaban J connectivity index is 1.41. The van der Waals surface area contributed by atoms with Crippen LogP contribution in [0, 0.1) is 6.92 Å². The molecular formula is C15H20N4O2S. The third kappa shape index (κ3) is 3.92. The van der Waals surface area contributed by atoms with Crippen molar-refractivity contribution in [2.45, 2.75) is 26.3 Å². The Morgan fingerprint density at radius 2 is 2.18 bits per heavy atom. The number of thiophene rings is 1. The van der Waals surface area contributed by atoms with Crippen LogP contribution in [0.4, 0.5) is 0 Å². The van der Waals surface area contributed by atoms with Gasteiger partial charge in [-0.25, -0.2) is 0 Å². The molecule has 0 unspecified atom stereocenters. The second-order valence-corrected chi connectivity index (χ2v) is 6.50. The van der Waals surface area contributed by atoms with Crippen LogP contribution in [0.15, 0.2) is 22.0 Å². The molecule has 2 aromatic heterocycles. The molecule has 6 nitrogen and oxygen atoms in total. The molecule has 0 bridgehead atoms. The van der Waals surface area contributed by atoms with E-state index in [4.69, 9.17) is 4.52 Å². The highest BCUT2D eigenvalue weighted by molar-refractivity contribution is 7.09. The Hall–Kier alpha value is -1.73. The smallest absolute Gasteiger partial charge is 0.227 e. The normalized spacial score (nSPS) is 16.1. The first-order valence-corrected chi connectivity index (χ1v) is 8.40. The van der Waals surface area contributed by atoms with Gasteiger partial charge in [-0.05, 0) is 18.4 Å². The van der Waals surface area contributed by atoms with Crippen molar-refractivity contribution in [2.24, 2.45) is 0 Å². The summed E-state index contributed by atoms with van der Waals surface area (Å²) in [6.45, 7) is 6.23. The zero-order chi connectivity index (χ0) is 15.4. The standard InChI is InChI=1S/C15H20N4O2S/c1-12-16-14(21-17-12)4-5-15(20)19-8-6-18(7-9-19)11-13-3-2-10-22-13/h2-3,10H,4-9,11H2,1H3. The molecule has 7 heteroatoms. The molecule has 1 aliphatic heterocycles. The van der Waals surface area contributed by atoms with Gasteiger partial charge in [0.1, 0.15) is 0 Å². The highest BCUT2D eigenvalue weighted by Crippen LogP contribution is 2.14. The quantitative estimate of drug-likeness (QED) is 0.839. The molecule has 0 spiro atoms. The SMILES string of the molecule is Cc1noc(CCC(=O)N2CCN(Cc3cccs3)CC2)n1. The minimum Gasteiger partial charge on any atom is -0.340 e. The number of carbonyl (C=O) groups is 1. The largest absolute Gasteiger partial charge is 0.340 e. The topological polar surface area (TPSA) is 62.5 Å². The fraction of sp³-hybridized carbons (Fsp3) is 0.533. The van der Waals surface area contributed by atoms with E-state index in [9.17, 15) is 4.79 Å². The summed E-state index contributed by atoms with van der Waals surface area (Å²) in [6, 6.07) is 4.24. The van der Waals surface area contributed by atoms with Crippen molar-refractivity contribution >= 4 is 17.2 Å². The van der Waals surface area contributed by atoms with Crippen LogP contribution in [-0.2, 0) is 17.8 Å². The molecule has 1 saturated heterocycles. The molecule has 0 aliphatic carbocycles. The van der Waals surface area contributed by atoms with Gasteiger partial charge in [0, 0.05) is 50.4 Å². The highest BCUT2D eigenvalue weighted by atomic mass is 32.1. The molecule has 22 heavy (non-hydrogen) atoms. The van der Waals surface area contributed by atoms with Crippen LogP contribution in [0.5, 0.6) is 0 Å². The van der Waals surface area contributed by atoms with Gasteiger partial charge in [-0.15, -0.1) is 11.3 Å². The molecule has 3 rings (SSSR count). The first kappa shape index (κ1) is 15.2. The molecule has 0 N–H and O–H groups in total. The minimum absolute atomic E-state index is 0.173. The minimum atomic E-state index is 0.173. The summed E-state index contributed by atoms with van der Waals surface area (Å²) in [5.74, 6) is 1.33. The van der Waals surface area contributed by atoms with E-state index < -0.39 is 0 Å². The third-order valence-electron chi connectivity index (χ3n) is 3.81. The Labute approximate surface area is 133 Å². The number of nitrogens with zero attached hydrogens (tertiary/aromatic N) is 4. The zero-order valence-electron chi connectivity index (χ0n) is 12.7. The number of amides is 1. The van der Waals surface area contributed by atoms with Crippen molar-refractivity contribution in [3.05, 3.63) is 34.1 Å². The van der Waals surface area contributed by atoms with E-state index in [0.717, 1.165) is 32.7 Å². The molecule has 0 saturated carbocycles.